The van der Waals surface area contributed by atoms with Crippen molar-refractivity contribution in [3.05, 3.63) is 53.9 Å². The first-order chi connectivity index (χ1) is 13.1. The maximum absolute atomic E-state index is 13.0. The first kappa shape index (κ1) is 20.0. The molecule has 1 fully saturated rings. The van der Waals surface area contributed by atoms with Crippen LogP contribution in [0.2, 0.25) is 0 Å². The van der Waals surface area contributed by atoms with Crippen molar-refractivity contribution in [1.82, 2.24) is 25.3 Å². The topological polar surface area (TPSA) is 96.3 Å². The molecular weight excluding hydrogens is 382 g/mol. The molecule has 8 nitrogen and oxygen atoms in total. The van der Waals surface area contributed by atoms with E-state index in [-0.39, 0.29) is 43.2 Å². The second kappa shape index (κ2) is 8.12. The number of hydrogen-bond donors (Lipinski definition) is 2. The van der Waals surface area contributed by atoms with Gasteiger partial charge in [-0.25, -0.2) is 0 Å². The van der Waals surface area contributed by atoms with Crippen LogP contribution in [0.15, 0.2) is 42.7 Å². The first-order valence-corrected chi connectivity index (χ1v) is 9.08. The van der Waals surface area contributed by atoms with E-state index in [2.05, 4.69) is 15.7 Å². The predicted octanol–water partition coefficient (Wildman–Crippen LogP) is 0.796. The smallest absolute Gasteiger partial charge is 0.261 e. The van der Waals surface area contributed by atoms with E-state index in [1.807, 2.05) is 0 Å². The number of fused-ring (bicyclic) bond motifs is 1. The van der Waals surface area contributed by atoms with Gasteiger partial charge in [-0.15, -0.1) is 12.4 Å². The fourth-order valence-electron chi connectivity index (χ4n) is 3.81. The van der Waals surface area contributed by atoms with Gasteiger partial charge in [0.15, 0.2) is 0 Å². The number of aromatic nitrogens is 2. The van der Waals surface area contributed by atoms with Gasteiger partial charge in [0.05, 0.1) is 11.1 Å². The highest BCUT2D eigenvalue weighted by atomic mass is 35.5. The second-order valence-corrected chi connectivity index (χ2v) is 6.80. The summed E-state index contributed by atoms with van der Waals surface area (Å²) in [5, 5.41) is 10.4. The molecule has 0 unspecified atom stereocenters. The molecule has 0 bridgehead atoms. The molecule has 0 spiro atoms. The lowest BCUT2D eigenvalue weighted by molar-refractivity contribution is -0.132. The van der Waals surface area contributed by atoms with Crippen LogP contribution in [0, 0.1) is 0 Å². The molecular formula is C19H22ClN5O3. The maximum Gasteiger partial charge on any atom is 0.261 e. The Kier molecular flexibility index (Phi) is 5.81. The molecule has 0 radical (unpaired) electrons. The fraction of sp³-hybridized carbons (Fsp3) is 0.368. The maximum atomic E-state index is 13.0. The van der Waals surface area contributed by atoms with E-state index in [0.29, 0.717) is 24.0 Å². The van der Waals surface area contributed by atoms with Gasteiger partial charge in [-0.3, -0.25) is 24.0 Å². The minimum absolute atomic E-state index is 0. The molecule has 1 aromatic carbocycles. The molecule has 3 amide bonds. The largest absolute Gasteiger partial charge is 0.352 e. The Balaban J connectivity index is 0.00000225. The molecule has 2 N–H and O–H groups in total. The monoisotopic (exact) mass is 403 g/mol. The average molecular weight is 404 g/mol. The zero-order valence-electron chi connectivity index (χ0n) is 15.3. The molecule has 9 heteroatoms. The molecule has 3 heterocycles. The van der Waals surface area contributed by atoms with E-state index in [1.165, 1.54) is 4.90 Å². The standard InChI is InChI=1S/C19H21N5O3.ClH/c25-16-14-4-1-2-5-15(14)17(26)23(16)13-11-21-18(27)19(6-9-20-10-7-19)24-12-3-8-22-24;/h1-5,8,12,20H,6-7,9-11,13H2,(H,21,27);1H. The highest BCUT2D eigenvalue weighted by Gasteiger charge is 2.42. The van der Waals surface area contributed by atoms with Crippen LogP contribution in [-0.4, -0.2) is 58.6 Å². The lowest BCUT2D eigenvalue weighted by Crippen LogP contribution is -2.55. The first-order valence-electron chi connectivity index (χ1n) is 9.08. The van der Waals surface area contributed by atoms with Crippen LogP contribution in [0.5, 0.6) is 0 Å². The summed E-state index contributed by atoms with van der Waals surface area (Å²) in [5.74, 6) is -0.758. The Labute approximate surface area is 168 Å². The molecule has 28 heavy (non-hydrogen) atoms. The number of amides is 3. The van der Waals surface area contributed by atoms with Crippen LogP contribution < -0.4 is 10.6 Å². The van der Waals surface area contributed by atoms with Gasteiger partial charge in [-0.05, 0) is 44.1 Å². The molecule has 0 atom stereocenters. The average Bonchev–Trinajstić information content (AvgIpc) is 3.33. The summed E-state index contributed by atoms with van der Waals surface area (Å²) in [6.45, 7) is 1.81. The number of nitrogens with zero attached hydrogens (tertiary/aromatic N) is 3. The van der Waals surface area contributed by atoms with E-state index in [0.717, 1.165) is 13.1 Å². The zero-order chi connectivity index (χ0) is 18.9. The number of carbonyl (C=O) groups is 3. The van der Waals surface area contributed by atoms with Crippen LogP contribution in [0.3, 0.4) is 0 Å². The number of benzene rings is 1. The zero-order valence-corrected chi connectivity index (χ0v) is 16.1. The number of piperidine rings is 1. The number of halogens is 1. The van der Waals surface area contributed by atoms with E-state index < -0.39 is 5.54 Å². The van der Waals surface area contributed by atoms with Crippen molar-refractivity contribution >= 4 is 30.1 Å². The normalized spacial score (nSPS) is 17.8. The van der Waals surface area contributed by atoms with Crippen LogP contribution in [-0.2, 0) is 10.3 Å². The van der Waals surface area contributed by atoms with Crippen LogP contribution in [0.1, 0.15) is 33.6 Å². The third kappa shape index (κ3) is 3.29. The number of carbonyl (C=O) groups excluding carboxylic acids is 3. The molecule has 0 saturated carbocycles. The molecule has 4 rings (SSSR count). The summed E-state index contributed by atoms with van der Waals surface area (Å²) in [4.78, 5) is 39.0. The van der Waals surface area contributed by atoms with Crippen molar-refractivity contribution in [2.45, 2.75) is 18.4 Å². The van der Waals surface area contributed by atoms with Crippen molar-refractivity contribution in [3.63, 3.8) is 0 Å². The van der Waals surface area contributed by atoms with E-state index in [9.17, 15) is 14.4 Å². The highest BCUT2D eigenvalue weighted by molar-refractivity contribution is 6.21. The van der Waals surface area contributed by atoms with E-state index >= 15 is 0 Å². The van der Waals surface area contributed by atoms with Gasteiger partial charge in [0.25, 0.3) is 11.8 Å². The van der Waals surface area contributed by atoms with Gasteiger partial charge in [0.1, 0.15) is 5.54 Å². The summed E-state index contributed by atoms with van der Waals surface area (Å²) in [6.07, 6.45) is 4.73. The van der Waals surface area contributed by atoms with Gasteiger partial charge in [-0.1, -0.05) is 12.1 Å². The number of hydrogen-bond acceptors (Lipinski definition) is 5. The van der Waals surface area contributed by atoms with Crippen molar-refractivity contribution in [2.24, 2.45) is 0 Å². The molecule has 1 aromatic heterocycles. The van der Waals surface area contributed by atoms with Crippen molar-refractivity contribution < 1.29 is 14.4 Å². The molecule has 2 aromatic rings. The molecule has 2 aliphatic rings. The Hall–Kier alpha value is -2.71. The minimum Gasteiger partial charge on any atom is -0.352 e. The van der Waals surface area contributed by atoms with Gasteiger partial charge >= 0.3 is 0 Å². The molecule has 1 saturated heterocycles. The third-order valence-electron chi connectivity index (χ3n) is 5.30. The van der Waals surface area contributed by atoms with Gasteiger partial charge in [-0.2, -0.15) is 5.10 Å². The van der Waals surface area contributed by atoms with Crippen molar-refractivity contribution in [1.29, 1.82) is 0 Å². The summed E-state index contributed by atoms with van der Waals surface area (Å²) < 4.78 is 1.71. The molecule has 0 aliphatic carbocycles. The summed E-state index contributed by atoms with van der Waals surface area (Å²) in [6, 6.07) is 8.57. The van der Waals surface area contributed by atoms with Gasteiger partial charge in [0.2, 0.25) is 5.91 Å². The SMILES string of the molecule is Cl.O=C1c2ccccc2C(=O)N1CCNC(=O)C1(n2cccn2)CCNCC1. The Bertz CT molecular complexity index is 842. The molecule has 2 aliphatic heterocycles. The third-order valence-corrected chi connectivity index (χ3v) is 5.30. The quantitative estimate of drug-likeness (QED) is 0.720. The van der Waals surface area contributed by atoms with Crippen molar-refractivity contribution in [3.8, 4) is 0 Å². The van der Waals surface area contributed by atoms with E-state index in [4.69, 9.17) is 0 Å². The number of imide groups is 1. The van der Waals surface area contributed by atoms with Gasteiger partial charge < -0.3 is 10.6 Å². The van der Waals surface area contributed by atoms with Crippen LogP contribution in [0.25, 0.3) is 0 Å². The Morgan fingerprint density at radius 3 is 2.32 bits per heavy atom. The summed E-state index contributed by atoms with van der Waals surface area (Å²) in [5.41, 5.74) is 0.0943. The van der Waals surface area contributed by atoms with Crippen LogP contribution >= 0.6 is 12.4 Å². The van der Waals surface area contributed by atoms with E-state index in [1.54, 1.807) is 47.4 Å². The predicted molar refractivity (Wildman–Crippen MR) is 104 cm³/mol. The minimum atomic E-state index is -0.739. The second-order valence-electron chi connectivity index (χ2n) is 6.80. The number of rotatable bonds is 5. The van der Waals surface area contributed by atoms with Gasteiger partial charge in [0, 0.05) is 25.5 Å². The summed E-state index contributed by atoms with van der Waals surface area (Å²) in [7, 11) is 0. The Morgan fingerprint density at radius 1 is 1.11 bits per heavy atom. The van der Waals surface area contributed by atoms with Crippen molar-refractivity contribution in [2.75, 3.05) is 26.2 Å². The summed E-state index contributed by atoms with van der Waals surface area (Å²) >= 11 is 0. The van der Waals surface area contributed by atoms with Crippen LogP contribution in [0.4, 0.5) is 0 Å². The Morgan fingerprint density at radius 2 is 1.75 bits per heavy atom. The number of nitrogens with one attached hydrogen (secondary N) is 2. The highest BCUT2D eigenvalue weighted by Crippen LogP contribution is 2.27. The molecule has 148 valence electrons. The lowest BCUT2D eigenvalue weighted by atomic mass is 9.87. The lowest BCUT2D eigenvalue weighted by Gasteiger charge is -2.36. The fourth-order valence-corrected chi connectivity index (χ4v) is 3.81.